The molecule has 0 fully saturated rings. The third-order valence-corrected chi connectivity index (χ3v) is 15.0. The normalized spacial score (nSPS) is 13.4. The van der Waals surface area contributed by atoms with Crippen molar-refractivity contribution >= 4 is 17.9 Å². The molecular formula is C76H132NO8+. The van der Waals surface area contributed by atoms with Gasteiger partial charge in [-0.15, -0.1) is 0 Å². The Morgan fingerprint density at radius 3 is 1.00 bits per heavy atom. The van der Waals surface area contributed by atoms with Crippen LogP contribution in [0, 0.1) is 0 Å². The summed E-state index contributed by atoms with van der Waals surface area (Å²) in [7, 11) is 5.98. The molecule has 0 aromatic rings. The number of hydrogen-bond donors (Lipinski definition) is 1. The Labute approximate surface area is 524 Å². The first-order chi connectivity index (χ1) is 41.6. The summed E-state index contributed by atoms with van der Waals surface area (Å²) >= 11 is 0. The van der Waals surface area contributed by atoms with Gasteiger partial charge in [-0.2, -0.15) is 0 Å². The zero-order chi connectivity index (χ0) is 61.9. The Hall–Kier alpha value is -4.05. The number of allylic oxidation sites excluding steroid dienone is 18. The van der Waals surface area contributed by atoms with Crippen molar-refractivity contribution in [2.24, 2.45) is 0 Å². The summed E-state index contributed by atoms with van der Waals surface area (Å²) in [6.07, 6.45) is 89.0. The number of carboxylic acids is 1. The van der Waals surface area contributed by atoms with E-state index in [0.29, 0.717) is 23.9 Å². The van der Waals surface area contributed by atoms with Crippen molar-refractivity contribution in [2.45, 2.75) is 309 Å². The molecule has 0 amide bonds. The first-order valence-electron chi connectivity index (χ1n) is 35.1. The van der Waals surface area contributed by atoms with Crippen LogP contribution in [0.5, 0.6) is 0 Å². The number of carbonyl (C=O) groups is 3. The number of likely N-dealkylation sites (N-methyl/N-ethyl adjacent to an activating group) is 1. The number of hydrogen-bond acceptors (Lipinski definition) is 7. The lowest BCUT2D eigenvalue weighted by Crippen LogP contribution is -2.40. The van der Waals surface area contributed by atoms with E-state index >= 15 is 0 Å². The minimum Gasteiger partial charge on any atom is -0.477 e. The molecule has 85 heavy (non-hydrogen) atoms. The van der Waals surface area contributed by atoms with Crippen LogP contribution in [0.2, 0.25) is 0 Å². The van der Waals surface area contributed by atoms with Crippen molar-refractivity contribution in [3.63, 3.8) is 0 Å². The second-order valence-electron chi connectivity index (χ2n) is 24.5. The lowest BCUT2D eigenvalue weighted by Gasteiger charge is -2.25. The summed E-state index contributed by atoms with van der Waals surface area (Å²) in [5.41, 5.74) is 0. The van der Waals surface area contributed by atoms with Crippen LogP contribution in [0.3, 0.4) is 0 Å². The second-order valence-corrected chi connectivity index (χ2v) is 24.5. The Balaban J connectivity index is 4.14. The van der Waals surface area contributed by atoms with E-state index in [9.17, 15) is 19.5 Å². The zero-order valence-corrected chi connectivity index (χ0v) is 55.7. The third kappa shape index (κ3) is 67.3. The van der Waals surface area contributed by atoms with Gasteiger partial charge in [-0.25, -0.2) is 4.79 Å². The van der Waals surface area contributed by atoms with Gasteiger partial charge in [-0.05, 0) is 103 Å². The van der Waals surface area contributed by atoms with Gasteiger partial charge < -0.3 is 28.5 Å². The van der Waals surface area contributed by atoms with Gasteiger partial charge in [0, 0.05) is 12.8 Å². The summed E-state index contributed by atoms with van der Waals surface area (Å²) in [5, 5.41) is 9.75. The van der Waals surface area contributed by atoms with Crippen LogP contribution in [-0.4, -0.2) is 87.4 Å². The molecule has 0 radical (unpaired) electrons. The molecule has 0 spiro atoms. The highest BCUT2D eigenvalue weighted by Gasteiger charge is 2.25. The smallest absolute Gasteiger partial charge is 0.361 e. The van der Waals surface area contributed by atoms with E-state index in [2.05, 4.69) is 123 Å². The number of nitrogens with zero attached hydrogens (tertiary/aromatic N) is 1. The highest BCUT2D eigenvalue weighted by Crippen LogP contribution is 2.17. The molecule has 0 bridgehead atoms. The van der Waals surface area contributed by atoms with Gasteiger partial charge in [0.15, 0.2) is 6.10 Å². The first-order valence-corrected chi connectivity index (χ1v) is 35.1. The largest absolute Gasteiger partial charge is 0.477 e. The Kier molecular flexibility index (Phi) is 62.8. The Bertz CT molecular complexity index is 1760. The van der Waals surface area contributed by atoms with Gasteiger partial charge in [0.05, 0.1) is 34.4 Å². The molecular weight excluding hydrogens is 1050 g/mol. The van der Waals surface area contributed by atoms with E-state index in [0.717, 1.165) is 89.9 Å². The van der Waals surface area contributed by atoms with Gasteiger partial charge in [-0.1, -0.05) is 290 Å². The average molecular weight is 1190 g/mol. The van der Waals surface area contributed by atoms with E-state index in [1.165, 1.54) is 173 Å². The first kappa shape index (κ1) is 81.0. The van der Waals surface area contributed by atoms with Crippen LogP contribution in [0.15, 0.2) is 109 Å². The van der Waals surface area contributed by atoms with Crippen LogP contribution in [0.1, 0.15) is 296 Å². The summed E-state index contributed by atoms with van der Waals surface area (Å²) < 4.78 is 23.0. The number of unbranched alkanes of at least 4 members (excludes halogenated alkanes) is 31. The maximum atomic E-state index is 12.9. The quantitative estimate of drug-likeness (QED) is 0.0211. The molecule has 0 aliphatic rings. The van der Waals surface area contributed by atoms with Gasteiger partial charge in [0.2, 0.25) is 0 Å². The maximum Gasteiger partial charge on any atom is 0.361 e. The van der Waals surface area contributed by atoms with Crippen molar-refractivity contribution in [2.75, 3.05) is 47.5 Å². The van der Waals surface area contributed by atoms with Crippen molar-refractivity contribution in [3.8, 4) is 0 Å². The van der Waals surface area contributed by atoms with E-state index in [4.69, 9.17) is 18.9 Å². The molecule has 0 saturated carbocycles. The van der Waals surface area contributed by atoms with E-state index in [-0.39, 0.29) is 32.2 Å². The third-order valence-electron chi connectivity index (χ3n) is 15.0. The molecule has 0 aliphatic carbocycles. The molecule has 0 saturated heterocycles. The van der Waals surface area contributed by atoms with Gasteiger partial charge in [0.1, 0.15) is 13.2 Å². The number of carbonyl (C=O) groups excluding carboxylic acids is 2. The molecule has 0 aromatic carbocycles. The number of carboxylic acid groups (broad SMARTS) is 1. The number of aliphatic carboxylic acids is 1. The van der Waals surface area contributed by atoms with E-state index in [1.54, 1.807) is 0 Å². The maximum absolute atomic E-state index is 12.9. The van der Waals surface area contributed by atoms with Crippen molar-refractivity contribution < 1.29 is 42.9 Å². The Morgan fingerprint density at radius 1 is 0.365 bits per heavy atom. The summed E-state index contributed by atoms with van der Waals surface area (Å²) in [4.78, 5) is 37.6. The fraction of sp³-hybridized carbons (Fsp3) is 0.724. The lowest BCUT2D eigenvalue weighted by atomic mass is 10.0. The van der Waals surface area contributed by atoms with E-state index < -0.39 is 24.3 Å². The number of quaternary nitrogens is 1. The van der Waals surface area contributed by atoms with Gasteiger partial charge in [0.25, 0.3) is 6.29 Å². The fourth-order valence-corrected chi connectivity index (χ4v) is 9.67. The highest BCUT2D eigenvalue weighted by molar-refractivity contribution is 5.71. The molecule has 0 rings (SSSR count). The van der Waals surface area contributed by atoms with Crippen LogP contribution in [-0.2, 0) is 33.3 Å². The van der Waals surface area contributed by atoms with Crippen molar-refractivity contribution in [1.82, 2.24) is 0 Å². The number of esters is 2. The summed E-state index contributed by atoms with van der Waals surface area (Å²) in [6.45, 7) is 4.77. The SMILES string of the molecule is CC/C=C\C/C=C\C/C=C\C/C=C\C/C=C\C/C=C\CCCCCCCCCCCCCCC(=O)OC(COC(=O)CCCCCCCCCCCCCCCC/C=C\C/C=C\C/C=C\CCCCCCC)COC(OCC[N+](C)(C)C)C(=O)O. The van der Waals surface area contributed by atoms with Gasteiger partial charge >= 0.3 is 17.9 Å². The predicted molar refractivity (Wildman–Crippen MR) is 364 cm³/mol. The molecule has 1 N–H and O–H groups in total. The molecule has 2 atom stereocenters. The van der Waals surface area contributed by atoms with Crippen molar-refractivity contribution in [3.05, 3.63) is 109 Å². The average Bonchev–Trinajstić information content (AvgIpc) is 3.49. The lowest BCUT2D eigenvalue weighted by molar-refractivity contribution is -0.870. The summed E-state index contributed by atoms with van der Waals surface area (Å²) in [5.74, 6) is -2.00. The molecule has 0 heterocycles. The highest BCUT2D eigenvalue weighted by atomic mass is 16.7. The van der Waals surface area contributed by atoms with Crippen LogP contribution < -0.4 is 0 Å². The minimum absolute atomic E-state index is 0.183. The van der Waals surface area contributed by atoms with Gasteiger partial charge in [-0.3, -0.25) is 9.59 Å². The van der Waals surface area contributed by atoms with Crippen LogP contribution in [0.4, 0.5) is 0 Å². The minimum atomic E-state index is -1.52. The fourth-order valence-electron chi connectivity index (χ4n) is 9.67. The number of rotatable bonds is 64. The standard InChI is InChI=1S/C76H131NO8/c1-6-8-10-12-14-16-18-20-22-24-26-28-30-32-34-36-37-39-41-43-45-47-49-51-53-55-57-59-61-63-65-67-74(79)85-72(71-84-76(75(80)81)82-69-68-77(3,4)5)70-83-73(78)66-64-62-60-58-56-54-52-50-48-46-44-42-40-38-35-33-31-29-27-25-23-21-19-17-15-13-11-9-7-2/h8,10,14,16,19-22,25-28,31-34,37,39,72,76H,6-7,9,11-13,15,17-18,23-24,29-30,35-36,38,40-71H2,1-5H3/p+1/b10-8-,16-14-,21-19-,22-20-,27-25-,28-26-,33-31-,34-32-,39-37-. The molecule has 488 valence electrons. The molecule has 0 aromatic heterocycles. The van der Waals surface area contributed by atoms with Crippen LogP contribution in [0.25, 0.3) is 0 Å². The van der Waals surface area contributed by atoms with E-state index in [1.807, 2.05) is 21.1 Å². The zero-order valence-electron chi connectivity index (χ0n) is 55.7. The monoisotopic (exact) mass is 1190 g/mol. The predicted octanol–water partition coefficient (Wildman–Crippen LogP) is 21.8. The van der Waals surface area contributed by atoms with Crippen LogP contribution >= 0.6 is 0 Å². The number of ether oxygens (including phenoxy) is 4. The molecule has 0 aliphatic heterocycles. The second kappa shape index (κ2) is 65.9. The van der Waals surface area contributed by atoms with Crippen molar-refractivity contribution in [1.29, 1.82) is 0 Å². The molecule has 9 heteroatoms. The Morgan fingerprint density at radius 2 is 0.671 bits per heavy atom. The molecule has 2 unspecified atom stereocenters. The molecule has 9 nitrogen and oxygen atoms in total. The summed E-state index contributed by atoms with van der Waals surface area (Å²) in [6, 6.07) is 0. The topological polar surface area (TPSA) is 108 Å².